The second-order valence-electron chi connectivity index (χ2n) is 4.38. The number of hydrogen-bond acceptors (Lipinski definition) is 3. The van der Waals surface area contributed by atoms with E-state index in [9.17, 15) is 0 Å². The Balaban J connectivity index is 2.81. The topological polar surface area (TPSA) is 41.5 Å². The number of benzene rings is 1. The minimum absolute atomic E-state index is 0.243. The first-order valence-electron chi connectivity index (χ1n) is 6.07. The van der Waals surface area contributed by atoms with Gasteiger partial charge in [0, 0.05) is 13.2 Å². The number of rotatable bonds is 6. The van der Waals surface area contributed by atoms with Crippen LogP contribution in [-0.4, -0.2) is 25.4 Å². The monoisotopic (exact) mass is 237 g/mol. The Morgan fingerprint density at radius 2 is 1.94 bits per heavy atom. The average Bonchev–Trinajstić information content (AvgIpc) is 2.32. The van der Waals surface area contributed by atoms with Crippen molar-refractivity contribution in [3.05, 3.63) is 28.3 Å². The van der Waals surface area contributed by atoms with Crippen molar-refractivity contribution in [2.75, 3.05) is 20.3 Å². The van der Waals surface area contributed by atoms with Gasteiger partial charge < -0.3 is 15.2 Å². The Bertz CT molecular complexity index is 375. The molecule has 0 aliphatic heterocycles. The number of methoxy groups -OCH3 is 1. The lowest BCUT2D eigenvalue weighted by Gasteiger charge is -2.16. The molecule has 96 valence electrons. The molecule has 0 aliphatic rings. The van der Waals surface area contributed by atoms with Gasteiger partial charge in [-0.1, -0.05) is 0 Å². The number of ether oxygens (including phenoxy) is 1. The molecule has 1 rings (SSSR count). The predicted octanol–water partition coefficient (Wildman–Crippen LogP) is 2.09. The quantitative estimate of drug-likeness (QED) is 0.744. The van der Waals surface area contributed by atoms with Crippen LogP contribution in [0.3, 0.4) is 0 Å². The average molecular weight is 237 g/mol. The summed E-state index contributed by atoms with van der Waals surface area (Å²) in [6.45, 7) is 8.27. The van der Waals surface area contributed by atoms with E-state index in [2.05, 4.69) is 32.2 Å². The van der Waals surface area contributed by atoms with E-state index in [-0.39, 0.29) is 6.61 Å². The van der Waals surface area contributed by atoms with Crippen LogP contribution in [0, 0.1) is 20.8 Å². The first-order valence-corrected chi connectivity index (χ1v) is 6.07. The Kier molecular flexibility index (Phi) is 5.45. The SMILES string of the molecule is COc1cc(C)c(CNCCCO)c(C)c1C. The highest BCUT2D eigenvalue weighted by Crippen LogP contribution is 2.27. The maximum Gasteiger partial charge on any atom is 0.122 e. The minimum Gasteiger partial charge on any atom is -0.496 e. The van der Waals surface area contributed by atoms with E-state index in [1.165, 1.54) is 22.3 Å². The predicted molar refractivity (Wildman–Crippen MR) is 70.6 cm³/mol. The third-order valence-electron chi connectivity index (χ3n) is 3.24. The largest absolute Gasteiger partial charge is 0.496 e. The molecule has 17 heavy (non-hydrogen) atoms. The molecule has 2 N–H and O–H groups in total. The molecule has 0 aromatic heterocycles. The second kappa shape index (κ2) is 6.62. The van der Waals surface area contributed by atoms with E-state index < -0.39 is 0 Å². The van der Waals surface area contributed by atoms with Crippen LogP contribution in [-0.2, 0) is 6.54 Å². The Morgan fingerprint density at radius 3 is 2.53 bits per heavy atom. The van der Waals surface area contributed by atoms with Gasteiger partial charge in [0.05, 0.1) is 7.11 Å². The maximum absolute atomic E-state index is 8.73. The molecule has 0 aliphatic carbocycles. The summed E-state index contributed by atoms with van der Waals surface area (Å²) in [7, 11) is 1.71. The number of nitrogens with one attached hydrogen (secondary N) is 1. The van der Waals surface area contributed by atoms with Crippen LogP contribution in [0.2, 0.25) is 0 Å². The smallest absolute Gasteiger partial charge is 0.122 e. The van der Waals surface area contributed by atoms with E-state index in [0.29, 0.717) is 0 Å². The number of aryl methyl sites for hydroxylation is 1. The molecule has 1 aromatic carbocycles. The Morgan fingerprint density at radius 1 is 1.24 bits per heavy atom. The van der Waals surface area contributed by atoms with Crippen LogP contribution in [0.15, 0.2) is 6.07 Å². The molecule has 0 saturated heterocycles. The van der Waals surface area contributed by atoms with Gasteiger partial charge in [0.15, 0.2) is 0 Å². The van der Waals surface area contributed by atoms with Crippen molar-refractivity contribution in [3.8, 4) is 5.75 Å². The third-order valence-corrected chi connectivity index (χ3v) is 3.24. The zero-order valence-corrected chi connectivity index (χ0v) is 11.3. The summed E-state index contributed by atoms with van der Waals surface area (Å²) in [6.07, 6.45) is 0.799. The van der Waals surface area contributed by atoms with Gasteiger partial charge in [0.2, 0.25) is 0 Å². The Hall–Kier alpha value is -1.06. The number of aliphatic hydroxyl groups is 1. The summed E-state index contributed by atoms with van der Waals surface area (Å²) in [5.41, 5.74) is 5.08. The van der Waals surface area contributed by atoms with Gasteiger partial charge in [-0.2, -0.15) is 0 Å². The van der Waals surface area contributed by atoms with Crippen molar-refractivity contribution in [2.45, 2.75) is 33.7 Å². The second-order valence-corrected chi connectivity index (χ2v) is 4.38. The number of aliphatic hydroxyl groups excluding tert-OH is 1. The Labute approximate surface area is 104 Å². The van der Waals surface area contributed by atoms with Gasteiger partial charge in [-0.3, -0.25) is 0 Å². The molecule has 1 aromatic rings. The molecular weight excluding hydrogens is 214 g/mol. The lowest BCUT2D eigenvalue weighted by Crippen LogP contribution is -2.17. The van der Waals surface area contributed by atoms with Gasteiger partial charge in [-0.05, 0) is 62.1 Å². The van der Waals surface area contributed by atoms with E-state index in [0.717, 1.165) is 25.3 Å². The summed E-state index contributed by atoms with van der Waals surface area (Å²) >= 11 is 0. The fourth-order valence-electron chi connectivity index (χ4n) is 2.00. The van der Waals surface area contributed by atoms with Gasteiger partial charge in [-0.15, -0.1) is 0 Å². The minimum atomic E-state index is 0.243. The van der Waals surface area contributed by atoms with Crippen molar-refractivity contribution in [1.82, 2.24) is 5.32 Å². The van der Waals surface area contributed by atoms with Gasteiger partial charge >= 0.3 is 0 Å². The zero-order valence-electron chi connectivity index (χ0n) is 11.3. The maximum atomic E-state index is 8.73. The molecule has 3 nitrogen and oxygen atoms in total. The molecular formula is C14H23NO2. The zero-order chi connectivity index (χ0) is 12.8. The lowest BCUT2D eigenvalue weighted by atomic mass is 9.97. The van der Waals surface area contributed by atoms with Crippen molar-refractivity contribution in [1.29, 1.82) is 0 Å². The molecule has 0 atom stereocenters. The molecule has 0 radical (unpaired) electrons. The van der Waals surface area contributed by atoms with Crippen LogP contribution in [0.5, 0.6) is 5.75 Å². The molecule has 3 heteroatoms. The molecule has 0 fully saturated rings. The first kappa shape index (κ1) is 14.0. The van der Waals surface area contributed by atoms with Gasteiger partial charge in [0.1, 0.15) is 5.75 Å². The fraction of sp³-hybridized carbons (Fsp3) is 0.571. The first-order chi connectivity index (χ1) is 8.11. The highest BCUT2D eigenvalue weighted by molar-refractivity contribution is 5.48. The highest BCUT2D eigenvalue weighted by Gasteiger charge is 2.09. The van der Waals surface area contributed by atoms with Crippen LogP contribution >= 0.6 is 0 Å². The summed E-state index contributed by atoms with van der Waals surface area (Å²) < 4.78 is 5.35. The van der Waals surface area contributed by atoms with Crippen molar-refractivity contribution in [2.24, 2.45) is 0 Å². The summed E-state index contributed by atoms with van der Waals surface area (Å²) in [6, 6.07) is 2.09. The van der Waals surface area contributed by atoms with Crippen LogP contribution < -0.4 is 10.1 Å². The molecule has 0 heterocycles. The van der Waals surface area contributed by atoms with Crippen molar-refractivity contribution >= 4 is 0 Å². The third kappa shape index (κ3) is 3.45. The van der Waals surface area contributed by atoms with Gasteiger partial charge in [0.25, 0.3) is 0 Å². The van der Waals surface area contributed by atoms with Crippen LogP contribution in [0.4, 0.5) is 0 Å². The normalized spacial score (nSPS) is 10.6. The van der Waals surface area contributed by atoms with Crippen LogP contribution in [0.25, 0.3) is 0 Å². The fourth-order valence-corrected chi connectivity index (χ4v) is 2.00. The summed E-state index contributed by atoms with van der Waals surface area (Å²) in [5, 5.41) is 12.1. The lowest BCUT2D eigenvalue weighted by molar-refractivity contribution is 0.286. The highest BCUT2D eigenvalue weighted by atomic mass is 16.5. The molecule has 0 saturated carbocycles. The standard InChI is InChI=1S/C14H23NO2/c1-10-8-14(17-4)12(3)11(2)13(10)9-15-6-5-7-16/h8,15-16H,5-7,9H2,1-4H3. The van der Waals surface area contributed by atoms with Crippen molar-refractivity contribution in [3.63, 3.8) is 0 Å². The van der Waals surface area contributed by atoms with Crippen LogP contribution in [0.1, 0.15) is 28.7 Å². The molecule has 0 spiro atoms. The van der Waals surface area contributed by atoms with E-state index in [4.69, 9.17) is 9.84 Å². The van der Waals surface area contributed by atoms with E-state index in [1.54, 1.807) is 7.11 Å². The van der Waals surface area contributed by atoms with E-state index >= 15 is 0 Å². The van der Waals surface area contributed by atoms with Crippen molar-refractivity contribution < 1.29 is 9.84 Å². The number of hydrogen-bond donors (Lipinski definition) is 2. The molecule has 0 amide bonds. The molecule has 0 unspecified atom stereocenters. The molecule has 0 bridgehead atoms. The summed E-state index contributed by atoms with van der Waals surface area (Å²) in [5.74, 6) is 0.958. The van der Waals surface area contributed by atoms with E-state index in [1.807, 2.05) is 0 Å². The summed E-state index contributed by atoms with van der Waals surface area (Å²) in [4.78, 5) is 0. The van der Waals surface area contributed by atoms with Gasteiger partial charge in [-0.25, -0.2) is 0 Å².